The minimum Gasteiger partial charge on any atom is -0.469 e. The summed E-state index contributed by atoms with van der Waals surface area (Å²) in [5, 5.41) is 0. The molecule has 0 aliphatic carbocycles. The highest BCUT2D eigenvalue weighted by Crippen LogP contribution is 2.26. The van der Waals surface area contributed by atoms with Crippen molar-refractivity contribution in [3.05, 3.63) is 34.3 Å². The number of hydrogen-bond donors (Lipinski definition) is 0. The van der Waals surface area contributed by atoms with E-state index in [4.69, 9.17) is 16.0 Å². The van der Waals surface area contributed by atoms with Crippen molar-refractivity contribution in [1.29, 1.82) is 0 Å². The Morgan fingerprint density at radius 2 is 2.28 bits per heavy atom. The van der Waals surface area contributed by atoms with Crippen LogP contribution in [-0.2, 0) is 16.6 Å². The monoisotopic (exact) mass is 306 g/mol. The normalized spacial score (nSPS) is 12.2. The molecular formula is C10H11ClN2O3S2. The van der Waals surface area contributed by atoms with Crippen LogP contribution in [0.4, 0.5) is 0 Å². The Morgan fingerprint density at radius 1 is 1.56 bits per heavy atom. The second kappa shape index (κ2) is 5.00. The average Bonchev–Trinajstić information content (AvgIpc) is 2.89. The highest BCUT2D eigenvalue weighted by molar-refractivity contribution is 7.91. The third kappa shape index (κ3) is 2.59. The first-order valence-electron chi connectivity index (χ1n) is 5.02. The Labute approximate surface area is 114 Å². The third-order valence-corrected chi connectivity index (χ3v) is 5.84. The lowest BCUT2D eigenvalue weighted by atomic mass is 10.3. The predicted molar refractivity (Wildman–Crippen MR) is 69.2 cm³/mol. The molecule has 8 heteroatoms. The lowest BCUT2D eigenvalue weighted by Crippen LogP contribution is -2.25. The summed E-state index contributed by atoms with van der Waals surface area (Å²) in [7, 11) is -2.04. The molecule has 0 aromatic carbocycles. The number of nitrogens with zero attached hydrogens (tertiary/aromatic N) is 2. The summed E-state index contributed by atoms with van der Waals surface area (Å²) >= 11 is 6.59. The van der Waals surface area contributed by atoms with E-state index in [0.717, 1.165) is 16.9 Å². The summed E-state index contributed by atoms with van der Waals surface area (Å²) in [6.45, 7) is 2.04. The molecule has 0 fully saturated rings. The van der Waals surface area contributed by atoms with Crippen molar-refractivity contribution >= 4 is 33.0 Å². The minimum atomic E-state index is -3.55. The summed E-state index contributed by atoms with van der Waals surface area (Å²) in [5.74, 6) is 0.708. The predicted octanol–water partition coefficient (Wildman–Crippen LogP) is 2.52. The van der Waals surface area contributed by atoms with Crippen molar-refractivity contribution in [2.24, 2.45) is 0 Å². The molecule has 18 heavy (non-hydrogen) atoms. The third-order valence-electron chi connectivity index (χ3n) is 2.48. The molecule has 0 saturated carbocycles. The lowest BCUT2D eigenvalue weighted by molar-refractivity contribution is 0.460. The van der Waals surface area contributed by atoms with Gasteiger partial charge in [0.05, 0.1) is 12.5 Å². The van der Waals surface area contributed by atoms with Gasteiger partial charge >= 0.3 is 0 Å². The molecule has 0 atom stereocenters. The molecule has 2 aromatic rings. The van der Waals surface area contributed by atoms with Crippen LogP contribution in [0.5, 0.6) is 0 Å². The van der Waals surface area contributed by atoms with Gasteiger partial charge < -0.3 is 4.42 Å². The number of furan rings is 1. The molecule has 0 amide bonds. The van der Waals surface area contributed by atoms with E-state index in [9.17, 15) is 8.42 Å². The molecule has 0 radical (unpaired) electrons. The van der Waals surface area contributed by atoms with Gasteiger partial charge in [0.2, 0.25) is 0 Å². The van der Waals surface area contributed by atoms with E-state index in [1.54, 1.807) is 13.0 Å². The van der Waals surface area contributed by atoms with Crippen molar-refractivity contribution < 1.29 is 12.8 Å². The van der Waals surface area contributed by atoms with Crippen molar-refractivity contribution in [1.82, 2.24) is 9.29 Å². The molecular weight excluding hydrogens is 296 g/mol. The molecule has 0 saturated heterocycles. The summed E-state index contributed by atoms with van der Waals surface area (Å²) in [6, 6.07) is 1.75. The number of sulfonamides is 1. The van der Waals surface area contributed by atoms with Crippen LogP contribution in [0.1, 0.15) is 11.3 Å². The molecule has 2 rings (SSSR count). The molecule has 2 heterocycles. The van der Waals surface area contributed by atoms with E-state index in [2.05, 4.69) is 4.98 Å². The summed E-state index contributed by atoms with van der Waals surface area (Å²) in [4.78, 5) is 3.74. The van der Waals surface area contributed by atoms with Crippen LogP contribution < -0.4 is 0 Å². The first kappa shape index (κ1) is 13.5. The number of hydrogen-bond acceptors (Lipinski definition) is 5. The average molecular weight is 307 g/mol. The van der Waals surface area contributed by atoms with Crippen molar-refractivity contribution in [2.75, 3.05) is 7.05 Å². The van der Waals surface area contributed by atoms with Gasteiger partial charge in [-0.1, -0.05) is 22.9 Å². The number of aryl methyl sites for hydroxylation is 1. The zero-order chi connectivity index (χ0) is 13.3. The molecule has 0 N–H and O–H groups in total. The quantitative estimate of drug-likeness (QED) is 0.870. The zero-order valence-electron chi connectivity index (χ0n) is 9.75. The standard InChI is InChI=1S/C10H11ClN2O3S2/c1-7-8(3-4-16-7)6-13(2)18(14,15)9-5-12-10(11)17-9/h3-5H,6H2,1-2H3. The van der Waals surface area contributed by atoms with Gasteiger partial charge in [-0.2, -0.15) is 4.31 Å². The highest BCUT2D eigenvalue weighted by atomic mass is 35.5. The van der Waals surface area contributed by atoms with Gasteiger partial charge in [0.1, 0.15) is 5.76 Å². The molecule has 98 valence electrons. The largest absolute Gasteiger partial charge is 0.469 e. The number of halogens is 1. The first-order chi connectivity index (χ1) is 8.41. The van der Waals surface area contributed by atoms with Crippen LogP contribution in [0.15, 0.2) is 27.2 Å². The Kier molecular flexibility index (Phi) is 3.76. The van der Waals surface area contributed by atoms with Gasteiger partial charge in [-0.05, 0) is 13.0 Å². The van der Waals surface area contributed by atoms with Gasteiger partial charge in [-0.25, -0.2) is 13.4 Å². The Balaban J connectivity index is 2.23. The SMILES string of the molecule is Cc1occc1CN(C)S(=O)(=O)c1cnc(Cl)s1. The minimum absolute atomic E-state index is 0.135. The van der Waals surface area contributed by atoms with Crippen molar-refractivity contribution in [3.63, 3.8) is 0 Å². The topological polar surface area (TPSA) is 63.4 Å². The Morgan fingerprint density at radius 3 is 2.78 bits per heavy atom. The Bertz CT molecular complexity index is 648. The van der Waals surface area contributed by atoms with Crippen LogP contribution in [-0.4, -0.2) is 24.8 Å². The van der Waals surface area contributed by atoms with Crippen LogP contribution >= 0.6 is 22.9 Å². The first-order valence-corrected chi connectivity index (χ1v) is 7.65. The molecule has 0 aliphatic rings. The second-order valence-electron chi connectivity index (χ2n) is 3.70. The summed E-state index contributed by atoms with van der Waals surface area (Å²) in [6.07, 6.45) is 2.80. The van der Waals surface area contributed by atoms with Crippen LogP contribution in [0.25, 0.3) is 0 Å². The summed E-state index contributed by atoms with van der Waals surface area (Å²) < 4.78 is 31.1. The molecule has 5 nitrogen and oxygen atoms in total. The molecule has 0 unspecified atom stereocenters. The van der Waals surface area contributed by atoms with Gasteiger partial charge in [0.25, 0.3) is 10.0 Å². The van der Waals surface area contributed by atoms with Gasteiger partial charge in [0.15, 0.2) is 8.68 Å². The highest BCUT2D eigenvalue weighted by Gasteiger charge is 2.24. The fraction of sp³-hybridized carbons (Fsp3) is 0.300. The number of thiazole rings is 1. The van der Waals surface area contributed by atoms with E-state index in [1.807, 2.05) is 0 Å². The van der Waals surface area contributed by atoms with Crippen molar-refractivity contribution in [2.45, 2.75) is 17.7 Å². The van der Waals surface area contributed by atoms with Crippen LogP contribution in [0.2, 0.25) is 4.47 Å². The van der Waals surface area contributed by atoms with Gasteiger partial charge in [-0.15, -0.1) is 0 Å². The van der Waals surface area contributed by atoms with E-state index in [-0.39, 0.29) is 15.2 Å². The number of aromatic nitrogens is 1. The molecule has 0 aliphatic heterocycles. The van der Waals surface area contributed by atoms with Crippen molar-refractivity contribution in [3.8, 4) is 0 Å². The van der Waals surface area contributed by atoms with Crippen LogP contribution in [0, 0.1) is 6.92 Å². The smallest absolute Gasteiger partial charge is 0.254 e. The second-order valence-corrected chi connectivity index (χ2v) is 7.58. The van der Waals surface area contributed by atoms with E-state index < -0.39 is 10.0 Å². The zero-order valence-corrected chi connectivity index (χ0v) is 12.1. The Hall–Kier alpha value is -0.890. The maximum Gasteiger partial charge on any atom is 0.254 e. The summed E-state index contributed by atoms with van der Waals surface area (Å²) in [5.41, 5.74) is 0.830. The molecule has 0 spiro atoms. The van der Waals surface area contributed by atoms with E-state index in [0.29, 0.717) is 5.76 Å². The maximum absolute atomic E-state index is 12.2. The lowest BCUT2D eigenvalue weighted by Gasteiger charge is -2.14. The maximum atomic E-state index is 12.2. The van der Waals surface area contributed by atoms with E-state index >= 15 is 0 Å². The fourth-order valence-electron chi connectivity index (χ4n) is 1.41. The molecule has 0 bridgehead atoms. The molecule has 2 aromatic heterocycles. The van der Waals surface area contributed by atoms with Gasteiger partial charge in [-0.3, -0.25) is 0 Å². The van der Waals surface area contributed by atoms with E-state index in [1.165, 1.54) is 23.8 Å². The van der Waals surface area contributed by atoms with Gasteiger partial charge in [0, 0.05) is 19.2 Å². The number of rotatable bonds is 4. The van der Waals surface area contributed by atoms with Crippen LogP contribution in [0.3, 0.4) is 0 Å². The fourth-order valence-corrected chi connectivity index (χ4v) is 4.07.